The monoisotopic (exact) mass is 255 g/mol. The first-order chi connectivity index (χ1) is 8.08. The highest BCUT2D eigenvalue weighted by molar-refractivity contribution is 6.29. The summed E-state index contributed by atoms with van der Waals surface area (Å²) in [5.74, 6) is -0.0739. The lowest BCUT2D eigenvalue weighted by Gasteiger charge is -2.14. The van der Waals surface area contributed by atoms with Gasteiger partial charge in [-0.25, -0.2) is 4.98 Å². The zero-order chi connectivity index (χ0) is 12.8. The van der Waals surface area contributed by atoms with Crippen LogP contribution in [-0.4, -0.2) is 29.2 Å². The van der Waals surface area contributed by atoms with E-state index in [0.29, 0.717) is 10.9 Å². The zero-order valence-electron chi connectivity index (χ0n) is 9.76. The van der Waals surface area contributed by atoms with E-state index in [1.807, 2.05) is 13.0 Å². The van der Waals surface area contributed by atoms with Crippen LogP contribution in [0.2, 0.25) is 5.15 Å². The quantitative estimate of drug-likeness (QED) is 0.351. The summed E-state index contributed by atoms with van der Waals surface area (Å²) >= 11 is 5.71. The summed E-state index contributed by atoms with van der Waals surface area (Å²) in [6.45, 7) is 1.72. The second-order valence-corrected chi connectivity index (χ2v) is 3.97. The molecule has 1 atom stereocenters. The molecule has 5 nitrogen and oxygen atoms in total. The second-order valence-electron chi connectivity index (χ2n) is 3.58. The van der Waals surface area contributed by atoms with Gasteiger partial charge in [0.15, 0.2) is 0 Å². The Kier molecular flexibility index (Phi) is 5.03. The van der Waals surface area contributed by atoms with Gasteiger partial charge in [-0.15, -0.1) is 0 Å². The Balaban J connectivity index is 2.97. The minimum atomic E-state index is -0.367. The largest absolute Gasteiger partial charge is 0.290 e. The maximum absolute atomic E-state index is 10.6. The lowest BCUT2D eigenvalue weighted by atomic mass is 9.93. The van der Waals surface area contributed by atoms with Gasteiger partial charge in [0, 0.05) is 24.1 Å². The summed E-state index contributed by atoms with van der Waals surface area (Å²) in [5.41, 5.74) is 1.46. The van der Waals surface area contributed by atoms with Crippen LogP contribution in [0.4, 0.5) is 0 Å². The standard InChI is InChI=1S/C11H14ClN3O2/c1-3-9(10(13-2)7-15(16)17)8-4-5-11(12)14-6-8/h4-6,9H,3,7H2,1-2H3. The number of nitrogens with zero attached hydrogens (tertiary/aromatic N) is 3. The van der Waals surface area contributed by atoms with Gasteiger partial charge in [0.05, 0.1) is 5.71 Å². The normalized spacial score (nSPS) is 13.5. The average Bonchev–Trinajstić information content (AvgIpc) is 2.30. The van der Waals surface area contributed by atoms with Crippen molar-refractivity contribution in [2.45, 2.75) is 19.3 Å². The van der Waals surface area contributed by atoms with E-state index in [2.05, 4.69) is 9.98 Å². The molecule has 0 aliphatic heterocycles. The Hall–Kier alpha value is -1.49. The van der Waals surface area contributed by atoms with Crippen molar-refractivity contribution in [3.05, 3.63) is 39.2 Å². The van der Waals surface area contributed by atoms with Crippen molar-refractivity contribution in [1.29, 1.82) is 0 Å². The molecular weight excluding hydrogens is 242 g/mol. The van der Waals surface area contributed by atoms with Gasteiger partial charge in [-0.05, 0) is 18.1 Å². The van der Waals surface area contributed by atoms with Gasteiger partial charge < -0.3 is 0 Å². The lowest BCUT2D eigenvalue weighted by Crippen LogP contribution is -2.21. The molecule has 0 bridgehead atoms. The first-order valence-corrected chi connectivity index (χ1v) is 5.65. The van der Waals surface area contributed by atoms with Crippen LogP contribution in [0.3, 0.4) is 0 Å². The Morgan fingerprint density at radius 3 is 2.76 bits per heavy atom. The van der Waals surface area contributed by atoms with E-state index in [4.69, 9.17) is 11.6 Å². The molecule has 0 aromatic carbocycles. The summed E-state index contributed by atoms with van der Waals surface area (Å²) < 4.78 is 0. The van der Waals surface area contributed by atoms with Gasteiger partial charge in [0.2, 0.25) is 6.54 Å². The van der Waals surface area contributed by atoms with Crippen LogP contribution in [0.1, 0.15) is 24.8 Å². The molecular formula is C11H14ClN3O2. The topological polar surface area (TPSA) is 68.4 Å². The SMILES string of the molecule is CCC(C(C[N+](=O)[O-])=NC)c1ccc(Cl)nc1. The Labute approximate surface area is 105 Å². The molecule has 92 valence electrons. The van der Waals surface area contributed by atoms with Crippen LogP contribution in [0, 0.1) is 10.1 Å². The molecule has 0 saturated carbocycles. The molecule has 0 saturated heterocycles. The van der Waals surface area contributed by atoms with E-state index in [1.54, 1.807) is 19.3 Å². The third kappa shape index (κ3) is 3.78. The van der Waals surface area contributed by atoms with Gasteiger partial charge in [-0.3, -0.25) is 15.1 Å². The maximum atomic E-state index is 10.6. The van der Waals surface area contributed by atoms with Crippen molar-refractivity contribution in [2.24, 2.45) is 4.99 Å². The zero-order valence-corrected chi connectivity index (χ0v) is 10.5. The molecule has 0 aliphatic carbocycles. The number of hydrogen-bond acceptors (Lipinski definition) is 4. The van der Waals surface area contributed by atoms with Crippen molar-refractivity contribution in [2.75, 3.05) is 13.6 Å². The predicted octanol–water partition coefficient (Wildman–Crippen LogP) is 2.58. The first-order valence-electron chi connectivity index (χ1n) is 5.27. The van der Waals surface area contributed by atoms with Crippen LogP contribution >= 0.6 is 11.6 Å². The van der Waals surface area contributed by atoms with E-state index in [0.717, 1.165) is 12.0 Å². The highest BCUT2D eigenvalue weighted by atomic mass is 35.5. The number of aliphatic imine (C=N–C) groups is 1. The van der Waals surface area contributed by atoms with Gasteiger partial charge in [-0.1, -0.05) is 24.6 Å². The van der Waals surface area contributed by atoms with Crippen LogP contribution < -0.4 is 0 Å². The Bertz CT molecular complexity index is 417. The highest BCUT2D eigenvalue weighted by Gasteiger charge is 2.20. The van der Waals surface area contributed by atoms with E-state index in [-0.39, 0.29) is 17.4 Å². The lowest BCUT2D eigenvalue weighted by molar-refractivity contribution is -0.463. The van der Waals surface area contributed by atoms with E-state index in [9.17, 15) is 10.1 Å². The van der Waals surface area contributed by atoms with E-state index >= 15 is 0 Å². The van der Waals surface area contributed by atoms with Crippen molar-refractivity contribution < 1.29 is 4.92 Å². The predicted molar refractivity (Wildman–Crippen MR) is 67.5 cm³/mol. The van der Waals surface area contributed by atoms with Crippen LogP contribution in [-0.2, 0) is 0 Å². The Morgan fingerprint density at radius 2 is 2.35 bits per heavy atom. The molecule has 0 spiro atoms. The molecule has 1 rings (SSSR count). The third-order valence-corrected chi connectivity index (χ3v) is 2.77. The number of rotatable bonds is 5. The number of halogens is 1. The molecule has 0 radical (unpaired) electrons. The van der Waals surface area contributed by atoms with E-state index in [1.165, 1.54) is 0 Å². The molecule has 1 unspecified atom stereocenters. The van der Waals surface area contributed by atoms with E-state index < -0.39 is 0 Å². The van der Waals surface area contributed by atoms with Crippen LogP contribution in [0.15, 0.2) is 23.3 Å². The fraction of sp³-hybridized carbons (Fsp3) is 0.455. The molecule has 1 aromatic heterocycles. The molecule has 1 heterocycles. The number of aromatic nitrogens is 1. The maximum Gasteiger partial charge on any atom is 0.241 e. The molecule has 17 heavy (non-hydrogen) atoms. The fourth-order valence-electron chi connectivity index (χ4n) is 1.73. The van der Waals surface area contributed by atoms with Crippen LogP contribution in [0.25, 0.3) is 0 Å². The minimum absolute atomic E-state index is 0.0739. The molecule has 0 aliphatic rings. The van der Waals surface area contributed by atoms with Crippen molar-refractivity contribution in [1.82, 2.24) is 4.98 Å². The smallest absolute Gasteiger partial charge is 0.241 e. The number of pyridine rings is 1. The first kappa shape index (κ1) is 13.6. The van der Waals surface area contributed by atoms with Gasteiger partial charge in [0.25, 0.3) is 0 Å². The molecule has 0 fully saturated rings. The minimum Gasteiger partial charge on any atom is -0.290 e. The van der Waals surface area contributed by atoms with Crippen molar-refractivity contribution in [3.63, 3.8) is 0 Å². The molecule has 1 aromatic rings. The second kappa shape index (κ2) is 6.30. The molecule has 6 heteroatoms. The van der Waals surface area contributed by atoms with Crippen molar-refractivity contribution >= 4 is 17.3 Å². The van der Waals surface area contributed by atoms with Gasteiger partial charge >= 0.3 is 0 Å². The summed E-state index contributed by atoms with van der Waals surface area (Å²) in [6.07, 6.45) is 2.38. The summed E-state index contributed by atoms with van der Waals surface area (Å²) in [5, 5.41) is 11.0. The Morgan fingerprint density at radius 1 is 1.65 bits per heavy atom. The summed E-state index contributed by atoms with van der Waals surface area (Å²) in [6, 6.07) is 3.51. The fourth-order valence-corrected chi connectivity index (χ4v) is 1.84. The molecule has 0 amide bonds. The number of nitro groups is 1. The highest BCUT2D eigenvalue weighted by Crippen LogP contribution is 2.21. The van der Waals surface area contributed by atoms with Gasteiger partial charge in [0.1, 0.15) is 5.15 Å². The van der Waals surface area contributed by atoms with Crippen molar-refractivity contribution in [3.8, 4) is 0 Å². The summed E-state index contributed by atoms with van der Waals surface area (Å²) in [4.78, 5) is 18.2. The molecule has 0 N–H and O–H groups in total. The average molecular weight is 256 g/mol. The van der Waals surface area contributed by atoms with Crippen LogP contribution in [0.5, 0.6) is 0 Å². The third-order valence-electron chi connectivity index (χ3n) is 2.54. The number of hydrogen-bond donors (Lipinski definition) is 0. The summed E-state index contributed by atoms with van der Waals surface area (Å²) in [7, 11) is 1.57. The van der Waals surface area contributed by atoms with Gasteiger partial charge in [-0.2, -0.15) is 0 Å².